The molecule has 0 radical (unpaired) electrons. The Hall–Kier alpha value is -0.320. The number of hydrogen-bond acceptors (Lipinski definition) is 3. The van der Waals surface area contributed by atoms with Crippen LogP contribution in [0.2, 0.25) is 0 Å². The van der Waals surface area contributed by atoms with Gasteiger partial charge in [-0.2, -0.15) is 0 Å². The number of halogens is 1. The van der Waals surface area contributed by atoms with Gasteiger partial charge in [-0.25, -0.2) is 0 Å². The van der Waals surface area contributed by atoms with E-state index in [9.17, 15) is 4.79 Å². The smallest absolute Gasteiger partial charge is 0.248 e. The lowest BCUT2D eigenvalue weighted by Gasteiger charge is -2.28. The molecule has 1 aliphatic rings. The number of hydrogen-bond donors (Lipinski definition) is 1. The van der Waals surface area contributed by atoms with Crippen LogP contribution >= 0.6 is 12.4 Å². The maximum Gasteiger partial charge on any atom is 0.248 e. The molecule has 90 valence electrons. The van der Waals surface area contributed by atoms with Crippen molar-refractivity contribution in [1.29, 1.82) is 0 Å². The molecule has 1 amide bonds. The van der Waals surface area contributed by atoms with E-state index in [2.05, 4.69) is 19.2 Å². The first-order valence-corrected chi connectivity index (χ1v) is 5.16. The number of nitrogens with zero attached hydrogens (tertiary/aromatic N) is 1. The van der Waals surface area contributed by atoms with E-state index >= 15 is 0 Å². The van der Waals surface area contributed by atoms with Gasteiger partial charge in [-0.3, -0.25) is 4.79 Å². The fourth-order valence-corrected chi connectivity index (χ4v) is 1.33. The summed E-state index contributed by atoms with van der Waals surface area (Å²) < 4.78 is 5.39. The van der Waals surface area contributed by atoms with Crippen molar-refractivity contribution in [2.45, 2.75) is 20.0 Å². The van der Waals surface area contributed by atoms with Gasteiger partial charge in [0.05, 0.1) is 6.10 Å². The second-order valence-electron chi connectivity index (χ2n) is 4.26. The minimum atomic E-state index is 0. The molecule has 0 aliphatic carbocycles. The Morgan fingerprint density at radius 2 is 2.13 bits per heavy atom. The molecule has 0 aromatic carbocycles. The molecule has 0 unspecified atom stereocenters. The molecule has 1 N–H and O–H groups in total. The van der Waals surface area contributed by atoms with E-state index < -0.39 is 0 Å². The van der Waals surface area contributed by atoms with Crippen LogP contribution in [0.3, 0.4) is 0 Å². The average Bonchev–Trinajstić information content (AvgIpc) is 1.99. The van der Waals surface area contributed by atoms with Crippen LogP contribution in [0.5, 0.6) is 0 Å². The van der Waals surface area contributed by atoms with Gasteiger partial charge in [0, 0.05) is 26.7 Å². The fourth-order valence-electron chi connectivity index (χ4n) is 1.33. The second kappa shape index (κ2) is 7.04. The van der Waals surface area contributed by atoms with Gasteiger partial charge in [0.15, 0.2) is 0 Å². The summed E-state index contributed by atoms with van der Waals surface area (Å²) in [7, 11) is 1.82. The zero-order chi connectivity index (χ0) is 10.6. The predicted molar refractivity (Wildman–Crippen MR) is 62.3 cm³/mol. The summed E-state index contributed by atoms with van der Waals surface area (Å²) in [5, 5.41) is 3.10. The lowest BCUT2D eigenvalue weighted by atomic mass is 10.2. The summed E-state index contributed by atoms with van der Waals surface area (Å²) in [6, 6.07) is 0. The molecule has 5 heteroatoms. The Balaban J connectivity index is 0.00000196. The van der Waals surface area contributed by atoms with Crippen molar-refractivity contribution >= 4 is 18.3 Å². The number of rotatable bonds is 5. The first-order valence-electron chi connectivity index (χ1n) is 5.16. The monoisotopic (exact) mass is 236 g/mol. The van der Waals surface area contributed by atoms with E-state index in [1.165, 1.54) is 0 Å². The van der Waals surface area contributed by atoms with Crippen LogP contribution in [-0.4, -0.2) is 50.2 Å². The van der Waals surface area contributed by atoms with Gasteiger partial charge in [-0.05, 0) is 5.92 Å². The Bertz CT molecular complexity index is 196. The van der Waals surface area contributed by atoms with Gasteiger partial charge >= 0.3 is 0 Å². The van der Waals surface area contributed by atoms with Gasteiger partial charge < -0.3 is 15.0 Å². The van der Waals surface area contributed by atoms with Gasteiger partial charge in [0.1, 0.15) is 6.61 Å². The van der Waals surface area contributed by atoms with Gasteiger partial charge in [-0.15, -0.1) is 12.4 Å². The van der Waals surface area contributed by atoms with E-state index in [1.807, 2.05) is 7.05 Å². The molecule has 15 heavy (non-hydrogen) atoms. The Morgan fingerprint density at radius 1 is 1.53 bits per heavy atom. The number of amides is 1. The Kier molecular flexibility index (Phi) is 6.89. The van der Waals surface area contributed by atoms with E-state index in [0.717, 1.165) is 19.6 Å². The van der Waals surface area contributed by atoms with E-state index in [1.54, 1.807) is 4.90 Å². The van der Waals surface area contributed by atoms with Crippen molar-refractivity contribution in [3.63, 3.8) is 0 Å². The molecule has 1 saturated heterocycles. The van der Waals surface area contributed by atoms with Crippen molar-refractivity contribution in [1.82, 2.24) is 10.2 Å². The zero-order valence-corrected chi connectivity index (χ0v) is 10.5. The summed E-state index contributed by atoms with van der Waals surface area (Å²) in [6.45, 7) is 6.96. The normalized spacial score (nSPS) is 15.7. The van der Waals surface area contributed by atoms with Crippen LogP contribution in [0.25, 0.3) is 0 Å². The number of nitrogens with one attached hydrogen (secondary N) is 1. The van der Waals surface area contributed by atoms with Crippen molar-refractivity contribution < 1.29 is 9.53 Å². The van der Waals surface area contributed by atoms with E-state index in [0.29, 0.717) is 5.92 Å². The Morgan fingerprint density at radius 3 is 2.53 bits per heavy atom. The second-order valence-corrected chi connectivity index (χ2v) is 4.26. The molecule has 0 atom stereocenters. The molecule has 0 aromatic rings. The third kappa shape index (κ3) is 5.35. The third-order valence-electron chi connectivity index (χ3n) is 2.25. The highest BCUT2D eigenvalue weighted by atomic mass is 35.5. The van der Waals surface area contributed by atoms with Crippen molar-refractivity contribution in [2.75, 3.05) is 33.3 Å². The number of carbonyl (C=O) groups excluding carboxylic acids is 1. The highest BCUT2D eigenvalue weighted by Gasteiger charge is 2.19. The minimum Gasteiger partial charge on any atom is -0.366 e. The topological polar surface area (TPSA) is 41.6 Å². The molecule has 0 spiro atoms. The molecule has 1 heterocycles. The van der Waals surface area contributed by atoms with Crippen LogP contribution in [0.15, 0.2) is 0 Å². The van der Waals surface area contributed by atoms with Gasteiger partial charge in [0.25, 0.3) is 0 Å². The zero-order valence-electron chi connectivity index (χ0n) is 9.66. The highest BCUT2D eigenvalue weighted by molar-refractivity contribution is 5.85. The van der Waals surface area contributed by atoms with Crippen LogP contribution in [0, 0.1) is 5.92 Å². The number of ether oxygens (including phenoxy) is 1. The summed E-state index contributed by atoms with van der Waals surface area (Å²) in [6.07, 6.45) is 0.242. The molecule has 0 saturated carbocycles. The van der Waals surface area contributed by atoms with E-state index in [-0.39, 0.29) is 31.0 Å². The first-order chi connectivity index (χ1) is 6.59. The summed E-state index contributed by atoms with van der Waals surface area (Å²) in [4.78, 5) is 13.2. The van der Waals surface area contributed by atoms with Crippen molar-refractivity contribution in [3.8, 4) is 0 Å². The maximum atomic E-state index is 11.5. The van der Waals surface area contributed by atoms with Crippen LogP contribution in [0.1, 0.15) is 13.8 Å². The summed E-state index contributed by atoms with van der Waals surface area (Å²) in [5.74, 6) is 0.583. The SMILES string of the molecule is CC(C)CN(C)C(=O)COC1CNC1.Cl. The molecular formula is C10H21ClN2O2. The number of carbonyl (C=O) groups is 1. The van der Waals surface area contributed by atoms with Crippen LogP contribution in [0.4, 0.5) is 0 Å². The minimum absolute atomic E-state index is 0. The fraction of sp³-hybridized carbons (Fsp3) is 0.900. The average molecular weight is 237 g/mol. The van der Waals surface area contributed by atoms with Crippen LogP contribution < -0.4 is 5.32 Å². The Labute approximate surface area is 97.8 Å². The lowest BCUT2D eigenvalue weighted by molar-refractivity contribution is -0.138. The highest BCUT2D eigenvalue weighted by Crippen LogP contribution is 2.00. The van der Waals surface area contributed by atoms with E-state index in [4.69, 9.17) is 4.74 Å². The standard InChI is InChI=1S/C10H20N2O2.ClH/c1-8(2)6-12(3)10(13)7-14-9-4-11-5-9;/h8-9,11H,4-7H2,1-3H3;1H. The summed E-state index contributed by atoms with van der Waals surface area (Å²) >= 11 is 0. The van der Waals surface area contributed by atoms with Crippen molar-refractivity contribution in [3.05, 3.63) is 0 Å². The van der Waals surface area contributed by atoms with Gasteiger partial charge in [-0.1, -0.05) is 13.8 Å². The predicted octanol–water partition coefficient (Wildman–Crippen LogP) is 0.511. The van der Waals surface area contributed by atoms with Crippen LogP contribution in [-0.2, 0) is 9.53 Å². The molecule has 0 aromatic heterocycles. The first kappa shape index (κ1) is 14.7. The maximum absolute atomic E-state index is 11.5. The number of likely N-dealkylation sites (N-methyl/N-ethyl adjacent to an activating group) is 1. The quantitative estimate of drug-likeness (QED) is 0.757. The molecule has 4 nitrogen and oxygen atoms in total. The van der Waals surface area contributed by atoms with Gasteiger partial charge in [0.2, 0.25) is 5.91 Å². The van der Waals surface area contributed by atoms with Crippen molar-refractivity contribution in [2.24, 2.45) is 5.92 Å². The molecular weight excluding hydrogens is 216 g/mol. The molecule has 0 bridgehead atoms. The molecule has 1 rings (SSSR count). The molecule has 1 aliphatic heterocycles. The lowest BCUT2D eigenvalue weighted by Crippen LogP contribution is -2.49. The largest absolute Gasteiger partial charge is 0.366 e. The summed E-state index contributed by atoms with van der Waals surface area (Å²) in [5.41, 5.74) is 0. The molecule has 1 fully saturated rings. The third-order valence-corrected chi connectivity index (χ3v) is 2.25.